The topological polar surface area (TPSA) is 71.1 Å². The van der Waals surface area contributed by atoms with Gasteiger partial charge >= 0.3 is 0 Å². The van der Waals surface area contributed by atoms with E-state index in [0.717, 1.165) is 10.7 Å². The van der Waals surface area contributed by atoms with E-state index in [-0.39, 0.29) is 11.8 Å². The first-order valence-corrected chi connectivity index (χ1v) is 8.59. The summed E-state index contributed by atoms with van der Waals surface area (Å²) in [5.74, 6) is 0.00125. The van der Waals surface area contributed by atoms with E-state index in [0.29, 0.717) is 38.2 Å². The van der Waals surface area contributed by atoms with Crippen molar-refractivity contribution in [3.63, 3.8) is 0 Å². The van der Waals surface area contributed by atoms with Crippen molar-refractivity contribution in [2.45, 2.75) is 6.42 Å². The van der Waals surface area contributed by atoms with E-state index >= 15 is 0 Å². The minimum Gasteiger partial charge on any atom is -0.472 e. The summed E-state index contributed by atoms with van der Waals surface area (Å²) in [7, 11) is 0. The van der Waals surface area contributed by atoms with Gasteiger partial charge in [-0.2, -0.15) is 0 Å². The van der Waals surface area contributed by atoms with Crippen molar-refractivity contribution in [2.75, 3.05) is 26.2 Å². The quantitative estimate of drug-likeness (QED) is 0.722. The summed E-state index contributed by atoms with van der Waals surface area (Å²) in [5, 5.41) is 1.96. The van der Waals surface area contributed by atoms with Gasteiger partial charge in [0, 0.05) is 44.0 Å². The van der Waals surface area contributed by atoms with Crippen LogP contribution in [0, 0.1) is 0 Å². The fourth-order valence-electron chi connectivity index (χ4n) is 2.86. The molecule has 0 aromatic carbocycles. The van der Waals surface area contributed by atoms with E-state index in [1.165, 1.54) is 12.5 Å². The Morgan fingerprint density at radius 2 is 2.00 bits per heavy atom. The van der Waals surface area contributed by atoms with Crippen LogP contribution < -0.4 is 0 Å². The number of carbonyl (C=O) groups excluding carboxylic acids is 2. The third-order valence-corrected chi connectivity index (χ3v) is 4.93. The molecule has 3 aromatic heterocycles. The van der Waals surface area contributed by atoms with E-state index in [2.05, 4.69) is 4.98 Å². The highest BCUT2D eigenvalue weighted by atomic mass is 32.1. The first-order valence-electron chi connectivity index (χ1n) is 7.71. The number of amides is 2. The maximum Gasteiger partial charge on any atom is 0.257 e. The standard InChI is InChI=1S/C16H16N4O3S/c21-14(9-13-10-20-6-8-24-16(20)17-13)18-2-4-19(5-3-18)15(22)12-1-7-23-11-12/h1,6-8,10-11H,2-5,9H2. The van der Waals surface area contributed by atoms with Gasteiger partial charge < -0.3 is 14.2 Å². The second kappa shape index (κ2) is 6.12. The molecule has 0 unspecified atom stereocenters. The van der Waals surface area contributed by atoms with Gasteiger partial charge in [-0.15, -0.1) is 11.3 Å². The van der Waals surface area contributed by atoms with Crippen LogP contribution in [0.25, 0.3) is 4.96 Å². The van der Waals surface area contributed by atoms with Crippen LogP contribution in [-0.4, -0.2) is 57.2 Å². The molecule has 0 radical (unpaired) electrons. The van der Waals surface area contributed by atoms with Gasteiger partial charge in [0.25, 0.3) is 5.91 Å². The lowest BCUT2D eigenvalue weighted by molar-refractivity contribution is -0.132. The van der Waals surface area contributed by atoms with Crippen molar-refractivity contribution in [1.82, 2.24) is 19.2 Å². The monoisotopic (exact) mass is 344 g/mol. The molecular formula is C16H16N4O3S. The van der Waals surface area contributed by atoms with Crippen LogP contribution in [0.5, 0.6) is 0 Å². The Hall–Kier alpha value is -2.61. The molecule has 0 atom stereocenters. The zero-order chi connectivity index (χ0) is 16.5. The highest BCUT2D eigenvalue weighted by Gasteiger charge is 2.25. The molecular weight excluding hydrogens is 328 g/mol. The van der Waals surface area contributed by atoms with E-state index in [4.69, 9.17) is 4.42 Å². The van der Waals surface area contributed by atoms with Gasteiger partial charge in [-0.05, 0) is 6.07 Å². The molecule has 3 aromatic rings. The van der Waals surface area contributed by atoms with Crippen LogP contribution in [0.4, 0.5) is 0 Å². The zero-order valence-corrected chi connectivity index (χ0v) is 13.7. The lowest BCUT2D eigenvalue weighted by Gasteiger charge is -2.34. The molecule has 0 spiro atoms. The van der Waals surface area contributed by atoms with Gasteiger partial charge in [-0.3, -0.25) is 14.0 Å². The minimum absolute atomic E-state index is 0.0508. The first kappa shape index (κ1) is 14.9. The van der Waals surface area contributed by atoms with Crippen LogP contribution in [0.1, 0.15) is 16.1 Å². The number of fused-ring (bicyclic) bond motifs is 1. The number of aromatic nitrogens is 2. The highest BCUT2D eigenvalue weighted by molar-refractivity contribution is 7.15. The predicted octanol–water partition coefficient (Wildman–Crippen LogP) is 1.52. The Morgan fingerprint density at radius 3 is 2.71 bits per heavy atom. The summed E-state index contributed by atoms with van der Waals surface area (Å²) in [5.41, 5.74) is 1.33. The van der Waals surface area contributed by atoms with Gasteiger partial charge in [0.1, 0.15) is 6.26 Å². The Labute approximate surface area is 142 Å². The van der Waals surface area contributed by atoms with E-state index in [1.54, 1.807) is 27.2 Å². The molecule has 0 saturated carbocycles. The number of imidazole rings is 1. The fourth-order valence-corrected chi connectivity index (χ4v) is 3.57. The average molecular weight is 344 g/mol. The van der Waals surface area contributed by atoms with Crippen LogP contribution in [-0.2, 0) is 11.2 Å². The smallest absolute Gasteiger partial charge is 0.257 e. The number of hydrogen-bond acceptors (Lipinski definition) is 5. The Bertz CT molecular complexity index is 831. The SMILES string of the molecule is O=C(Cc1cn2ccsc2n1)N1CCN(C(=O)c2ccoc2)CC1. The second-order valence-corrected chi connectivity index (χ2v) is 6.56. The maximum atomic E-state index is 12.4. The van der Waals surface area contributed by atoms with Gasteiger partial charge in [-0.25, -0.2) is 4.98 Å². The molecule has 1 aliphatic heterocycles. The zero-order valence-electron chi connectivity index (χ0n) is 12.9. The summed E-state index contributed by atoms with van der Waals surface area (Å²) < 4.78 is 6.88. The number of furan rings is 1. The molecule has 1 aliphatic rings. The molecule has 8 heteroatoms. The van der Waals surface area contributed by atoms with Crippen LogP contribution in [0.15, 0.2) is 40.8 Å². The summed E-state index contributed by atoms with van der Waals surface area (Å²) in [4.78, 5) is 33.6. The Kier molecular flexibility index (Phi) is 3.81. The van der Waals surface area contributed by atoms with Crippen LogP contribution in [0.2, 0.25) is 0 Å². The number of hydrogen-bond donors (Lipinski definition) is 0. The summed E-state index contributed by atoms with van der Waals surface area (Å²) in [6, 6.07) is 1.66. The fraction of sp³-hybridized carbons (Fsp3) is 0.312. The molecule has 24 heavy (non-hydrogen) atoms. The number of carbonyl (C=O) groups is 2. The van der Waals surface area contributed by atoms with Crippen molar-refractivity contribution in [2.24, 2.45) is 0 Å². The normalized spacial score (nSPS) is 15.2. The van der Waals surface area contributed by atoms with Crippen LogP contribution >= 0.6 is 11.3 Å². The highest BCUT2D eigenvalue weighted by Crippen LogP contribution is 2.14. The molecule has 1 saturated heterocycles. The van der Waals surface area contributed by atoms with E-state index in [1.807, 2.05) is 22.2 Å². The predicted molar refractivity (Wildman–Crippen MR) is 88.0 cm³/mol. The molecule has 4 heterocycles. The molecule has 4 rings (SSSR count). The lowest BCUT2D eigenvalue weighted by Crippen LogP contribution is -2.50. The van der Waals surface area contributed by atoms with Crippen molar-refractivity contribution in [3.05, 3.63) is 47.6 Å². The third kappa shape index (κ3) is 2.80. The largest absolute Gasteiger partial charge is 0.472 e. The molecule has 124 valence electrons. The lowest BCUT2D eigenvalue weighted by atomic mass is 10.2. The van der Waals surface area contributed by atoms with Crippen molar-refractivity contribution >= 4 is 28.1 Å². The molecule has 2 amide bonds. The summed E-state index contributed by atoms with van der Waals surface area (Å²) in [6.45, 7) is 2.16. The molecule has 0 bridgehead atoms. The van der Waals surface area contributed by atoms with Crippen molar-refractivity contribution < 1.29 is 14.0 Å². The summed E-state index contributed by atoms with van der Waals surface area (Å²) >= 11 is 1.55. The third-order valence-electron chi connectivity index (χ3n) is 4.16. The van der Waals surface area contributed by atoms with E-state index < -0.39 is 0 Å². The first-order chi connectivity index (χ1) is 11.7. The number of thiazole rings is 1. The van der Waals surface area contributed by atoms with Crippen molar-refractivity contribution in [3.8, 4) is 0 Å². The van der Waals surface area contributed by atoms with Gasteiger partial charge in [0.2, 0.25) is 5.91 Å². The number of nitrogens with zero attached hydrogens (tertiary/aromatic N) is 4. The number of piperazine rings is 1. The van der Waals surface area contributed by atoms with Gasteiger partial charge in [-0.1, -0.05) is 0 Å². The van der Waals surface area contributed by atoms with Crippen LogP contribution in [0.3, 0.4) is 0 Å². The molecule has 0 N–H and O–H groups in total. The second-order valence-electron chi connectivity index (χ2n) is 5.69. The van der Waals surface area contributed by atoms with Gasteiger partial charge in [0.15, 0.2) is 4.96 Å². The molecule has 7 nitrogen and oxygen atoms in total. The molecule has 1 fully saturated rings. The van der Waals surface area contributed by atoms with Crippen molar-refractivity contribution in [1.29, 1.82) is 0 Å². The minimum atomic E-state index is -0.0508. The summed E-state index contributed by atoms with van der Waals surface area (Å²) in [6.07, 6.45) is 7.06. The maximum absolute atomic E-state index is 12.4. The average Bonchev–Trinajstić information content (AvgIpc) is 3.31. The number of rotatable bonds is 3. The Balaban J connectivity index is 1.34. The molecule has 0 aliphatic carbocycles. The Morgan fingerprint density at radius 1 is 1.21 bits per heavy atom. The van der Waals surface area contributed by atoms with E-state index in [9.17, 15) is 9.59 Å². The van der Waals surface area contributed by atoms with Gasteiger partial charge in [0.05, 0.1) is 23.9 Å².